The van der Waals surface area contributed by atoms with E-state index in [0.717, 1.165) is 11.1 Å². The van der Waals surface area contributed by atoms with Crippen molar-refractivity contribution in [1.29, 1.82) is 0 Å². The first-order valence-electron chi connectivity index (χ1n) is 8.05. The Morgan fingerprint density at radius 1 is 0.692 bits per heavy atom. The largest absolute Gasteiger partial charge is 0.496 e. The fourth-order valence-electron chi connectivity index (χ4n) is 2.85. The van der Waals surface area contributed by atoms with Crippen molar-refractivity contribution in [1.82, 2.24) is 0 Å². The maximum atomic E-state index is 12.2. The summed E-state index contributed by atoms with van der Waals surface area (Å²) < 4.78 is 20.3. The van der Waals surface area contributed by atoms with Gasteiger partial charge in [-0.25, -0.2) is 9.59 Å². The summed E-state index contributed by atoms with van der Waals surface area (Å²) in [5, 5.41) is 0. The van der Waals surface area contributed by atoms with Crippen molar-refractivity contribution in [2.75, 3.05) is 28.4 Å². The number of hydrogen-bond donors (Lipinski definition) is 0. The van der Waals surface area contributed by atoms with Gasteiger partial charge in [0, 0.05) is 0 Å². The van der Waals surface area contributed by atoms with Gasteiger partial charge in [-0.05, 0) is 36.1 Å². The van der Waals surface area contributed by atoms with Crippen LogP contribution in [0.2, 0.25) is 0 Å². The lowest BCUT2D eigenvalue weighted by atomic mass is 9.96. The van der Waals surface area contributed by atoms with Gasteiger partial charge in [-0.2, -0.15) is 0 Å². The highest BCUT2D eigenvalue weighted by Gasteiger charge is 2.20. The maximum absolute atomic E-state index is 12.2. The van der Waals surface area contributed by atoms with Crippen LogP contribution >= 0.6 is 0 Å². The quantitative estimate of drug-likeness (QED) is 0.709. The van der Waals surface area contributed by atoms with E-state index in [1.807, 2.05) is 24.3 Å². The standard InChI is InChI=1S/C20H22O6/c1-23-15-9-5-7-13(17(15)19(21)25-3)11-12-14-8-6-10-16(24-2)18(14)20(22)26-4/h5-10H,11-12H2,1-4H3. The SMILES string of the molecule is COC(=O)c1c(CCc2cccc(OC)c2C(=O)OC)cccc1OC. The van der Waals surface area contributed by atoms with Gasteiger partial charge in [0.25, 0.3) is 0 Å². The molecule has 0 aromatic heterocycles. The second-order valence-corrected chi connectivity index (χ2v) is 5.47. The predicted octanol–water partition coefficient (Wildman–Crippen LogP) is 3.06. The van der Waals surface area contributed by atoms with Crippen LogP contribution in [0.15, 0.2) is 36.4 Å². The van der Waals surface area contributed by atoms with Crippen LogP contribution in [0.25, 0.3) is 0 Å². The molecule has 0 amide bonds. The Morgan fingerprint density at radius 2 is 1.08 bits per heavy atom. The van der Waals surface area contributed by atoms with Gasteiger partial charge >= 0.3 is 11.9 Å². The molecule has 0 aliphatic heterocycles. The third-order valence-corrected chi connectivity index (χ3v) is 4.11. The zero-order valence-electron chi connectivity index (χ0n) is 15.3. The lowest BCUT2D eigenvalue weighted by Gasteiger charge is -2.14. The van der Waals surface area contributed by atoms with Crippen molar-refractivity contribution in [3.8, 4) is 11.5 Å². The van der Waals surface area contributed by atoms with Crippen molar-refractivity contribution in [3.63, 3.8) is 0 Å². The van der Waals surface area contributed by atoms with Crippen LogP contribution in [-0.2, 0) is 22.3 Å². The molecule has 0 radical (unpaired) electrons. The molecule has 26 heavy (non-hydrogen) atoms. The zero-order chi connectivity index (χ0) is 19.1. The first-order chi connectivity index (χ1) is 12.6. The lowest BCUT2D eigenvalue weighted by molar-refractivity contribution is 0.0585. The van der Waals surface area contributed by atoms with Crippen LogP contribution in [0.3, 0.4) is 0 Å². The number of aryl methyl sites for hydroxylation is 2. The summed E-state index contributed by atoms with van der Waals surface area (Å²) in [7, 11) is 5.66. The van der Waals surface area contributed by atoms with Gasteiger partial charge in [-0.15, -0.1) is 0 Å². The Labute approximate surface area is 152 Å². The number of ether oxygens (including phenoxy) is 4. The summed E-state index contributed by atoms with van der Waals surface area (Å²) in [6.07, 6.45) is 1.03. The van der Waals surface area contributed by atoms with Crippen molar-refractivity contribution in [3.05, 3.63) is 58.7 Å². The molecule has 0 bridgehead atoms. The summed E-state index contributed by atoms with van der Waals surface area (Å²) in [6, 6.07) is 10.7. The zero-order valence-corrected chi connectivity index (χ0v) is 15.3. The Morgan fingerprint density at radius 3 is 1.38 bits per heavy atom. The molecule has 6 heteroatoms. The molecule has 0 fully saturated rings. The first kappa shape index (κ1) is 19.3. The number of rotatable bonds is 7. The Hall–Kier alpha value is -3.02. The molecule has 138 valence electrons. The minimum absolute atomic E-state index is 0.389. The smallest absolute Gasteiger partial charge is 0.341 e. The van der Waals surface area contributed by atoms with E-state index < -0.39 is 11.9 Å². The molecular weight excluding hydrogens is 336 g/mol. The third kappa shape index (κ3) is 3.96. The normalized spacial score (nSPS) is 10.2. The van der Waals surface area contributed by atoms with E-state index in [0.29, 0.717) is 35.5 Å². The number of esters is 2. The van der Waals surface area contributed by atoms with E-state index in [9.17, 15) is 9.59 Å². The fraction of sp³-hybridized carbons (Fsp3) is 0.300. The van der Waals surface area contributed by atoms with Crippen molar-refractivity contribution >= 4 is 11.9 Å². The number of benzene rings is 2. The highest BCUT2D eigenvalue weighted by molar-refractivity contribution is 5.95. The molecule has 0 N–H and O–H groups in total. The second kappa shape index (κ2) is 8.89. The van der Waals surface area contributed by atoms with Crippen LogP contribution in [0.1, 0.15) is 31.8 Å². The van der Waals surface area contributed by atoms with Crippen LogP contribution in [-0.4, -0.2) is 40.4 Å². The predicted molar refractivity (Wildman–Crippen MR) is 96.1 cm³/mol. The minimum atomic E-state index is -0.462. The molecule has 0 spiro atoms. The van der Waals surface area contributed by atoms with Gasteiger partial charge in [0.2, 0.25) is 0 Å². The average molecular weight is 358 g/mol. The van der Waals surface area contributed by atoms with E-state index in [2.05, 4.69) is 0 Å². The van der Waals surface area contributed by atoms with Crippen LogP contribution < -0.4 is 9.47 Å². The molecule has 2 rings (SSSR count). The van der Waals surface area contributed by atoms with Crippen LogP contribution in [0.5, 0.6) is 11.5 Å². The monoisotopic (exact) mass is 358 g/mol. The molecule has 0 unspecified atom stereocenters. The molecule has 0 saturated carbocycles. The molecule has 0 heterocycles. The molecule has 0 aliphatic rings. The van der Waals surface area contributed by atoms with Gasteiger partial charge in [0.1, 0.15) is 22.6 Å². The number of carbonyl (C=O) groups excluding carboxylic acids is 2. The van der Waals surface area contributed by atoms with Gasteiger partial charge in [0.15, 0.2) is 0 Å². The second-order valence-electron chi connectivity index (χ2n) is 5.47. The molecular formula is C20H22O6. The number of methoxy groups -OCH3 is 4. The van der Waals surface area contributed by atoms with E-state index in [-0.39, 0.29) is 0 Å². The minimum Gasteiger partial charge on any atom is -0.496 e. The van der Waals surface area contributed by atoms with Gasteiger partial charge < -0.3 is 18.9 Å². The van der Waals surface area contributed by atoms with Gasteiger partial charge in [0.05, 0.1) is 28.4 Å². The highest BCUT2D eigenvalue weighted by Crippen LogP contribution is 2.27. The summed E-state index contributed by atoms with van der Waals surface area (Å²) in [5.74, 6) is -0.0195. The molecule has 0 saturated heterocycles. The van der Waals surface area contributed by atoms with E-state index >= 15 is 0 Å². The summed E-state index contributed by atoms with van der Waals surface area (Å²) >= 11 is 0. The van der Waals surface area contributed by atoms with E-state index in [4.69, 9.17) is 18.9 Å². The molecule has 6 nitrogen and oxygen atoms in total. The number of hydrogen-bond acceptors (Lipinski definition) is 6. The highest BCUT2D eigenvalue weighted by atomic mass is 16.5. The first-order valence-corrected chi connectivity index (χ1v) is 8.05. The Balaban J connectivity index is 2.38. The molecule has 2 aromatic rings. The summed E-state index contributed by atoms with van der Waals surface area (Å²) in [4.78, 5) is 24.3. The van der Waals surface area contributed by atoms with E-state index in [1.54, 1.807) is 12.1 Å². The molecule has 2 aromatic carbocycles. The summed E-state index contributed by atoms with van der Waals surface area (Å²) in [6.45, 7) is 0. The van der Waals surface area contributed by atoms with Gasteiger partial charge in [-0.3, -0.25) is 0 Å². The fourth-order valence-corrected chi connectivity index (χ4v) is 2.85. The summed E-state index contributed by atoms with van der Waals surface area (Å²) in [5.41, 5.74) is 2.32. The third-order valence-electron chi connectivity index (χ3n) is 4.11. The maximum Gasteiger partial charge on any atom is 0.341 e. The Bertz CT molecular complexity index is 729. The van der Waals surface area contributed by atoms with Crippen LogP contribution in [0, 0.1) is 0 Å². The van der Waals surface area contributed by atoms with Gasteiger partial charge in [-0.1, -0.05) is 24.3 Å². The Kier molecular flexibility index (Phi) is 6.60. The molecule has 0 atom stereocenters. The van der Waals surface area contributed by atoms with Crippen LogP contribution in [0.4, 0.5) is 0 Å². The number of carbonyl (C=O) groups is 2. The van der Waals surface area contributed by atoms with Crippen molar-refractivity contribution < 1.29 is 28.5 Å². The average Bonchev–Trinajstić information content (AvgIpc) is 2.70. The lowest BCUT2D eigenvalue weighted by Crippen LogP contribution is -2.11. The molecule has 0 aliphatic carbocycles. The topological polar surface area (TPSA) is 71.1 Å². The van der Waals surface area contributed by atoms with Crippen molar-refractivity contribution in [2.24, 2.45) is 0 Å². The van der Waals surface area contributed by atoms with Crippen molar-refractivity contribution in [2.45, 2.75) is 12.8 Å². The van der Waals surface area contributed by atoms with E-state index in [1.165, 1.54) is 28.4 Å².